The van der Waals surface area contributed by atoms with Crippen LogP contribution in [0, 0.1) is 5.82 Å². The summed E-state index contributed by atoms with van der Waals surface area (Å²) in [6, 6.07) is 4.09. The molecule has 1 aliphatic heterocycles. The minimum Gasteiger partial charge on any atom is -0.280 e. The van der Waals surface area contributed by atoms with Crippen LogP contribution in [0.4, 0.5) is 4.39 Å². The van der Waals surface area contributed by atoms with Gasteiger partial charge in [0.2, 0.25) is 5.91 Å². The molecule has 3 nitrogen and oxygen atoms in total. The van der Waals surface area contributed by atoms with Crippen molar-refractivity contribution in [2.24, 2.45) is 5.84 Å². The van der Waals surface area contributed by atoms with Crippen LogP contribution in [0.3, 0.4) is 0 Å². The van der Waals surface area contributed by atoms with Crippen LogP contribution in [-0.4, -0.2) is 17.5 Å². The lowest BCUT2D eigenvalue weighted by atomic mass is 9.90. The normalized spacial score (nSPS) is 21.3. The predicted molar refractivity (Wildman–Crippen MR) is 59.3 cm³/mol. The van der Waals surface area contributed by atoms with Crippen molar-refractivity contribution in [3.05, 3.63) is 34.6 Å². The van der Waals surface area contributed by atoms with E-state index in [1.165, 1.54) is 17.1 Å². The molecular formula is C11H12ClFN2O. The summed E-state index contributed by atoms with van der Waals surface area (Å²) < 4.78 is 12.9. The van der Waals surface area contributed by atoms with E-state index >= 15 is 0 Å². The van der Waals surface area contributed by atoms with Crippen LogP contribution in [0.15, 0.2) is 18.2 Å². The Balaban J connectivity index is 2.32. The highest BCUT2D eigenvalue weighted by molar-refractivity contribution is 6.31. The molecule has 0 aromatic heterocycles. The van der Waals surface area contributed by atoms with Gasteiger partial charge in [0.05, 0.1) is 5.92 Å². The van der Waals surface area contributed by atoms with Crippen LogP contribution >= 0.6 is 11.6 Å². The van der Waals surface area contributed by atoms with E-state index < -0.39 is 5.82 Å². The first kappa shape index (κ1) is 11.4. The first-order valence-electron chi connectivity index (χ1n) is 5.10. The summed E-state index contributed by atoms with van der Waals surface area (Å²) in [5.41, 5.74) is 0.656. The number of nitrogens with zero attached hydrogens (tertiary/aromatic N) is 1. The van der Waals surface area contributed by atoms with Crippen molar-refractivity contribution >= 4 is 17.5 Å². The number of carbonyl (C=O) groups is 1. The van der Waals surface area contributed by atoms with Crippen LogP contribution in [0.1, 0.15) is 24.3 Å². The second-order valence-electron chi connectivity index (χ2n) is 3.89. The first-order valence-corrected chi connectivity index (χ1v) is 5.48. The van der Waals surface area contributed by atoms with Gasteiger partial charge in [0.25, 0.3) is 0 Å². The number of hydrogen-bond acceptors (Lipinski definition) is 2. The van der Waals surface area contributed by atoms with Crippen molar-refractivity contribution in [3.63, 3.8) is 0 Å². The van der Waals surface area contributed by atoms with E-state index in [9.17, 15) is 9.18 Å². The van der Waals surface area contributed by atoms with Gasteiger partial charge in [-0.3, -0.25) is 9.80 Å². The topological polar surface area (TPSA) is 46.3 Å². The molecule has 1 fully saturated rings. The Morgan fingerprint density at radius 2 is 2.25 bits per heavy atom. The van der Waals surface area contributed by atoms with Crippen LogP contribution in [0.2, 0.25) is 5.02 Å². The van der Waals surface area contributed by atoms with E-state index in [4.69, 9.17) is 17.4 Å². The number of nitrogens with two attached hydrogens (primary N) is 1. The van der Waals surface area contributed by atoms with E-state index in [0.29, 0.717) is 18.5 Å². The number of carbonyl (C=O) groups excluding carboxylic acids is 1. The second-order valence-corrected chi connectivity index (χ2v) is 4.30. The van der Waals surface area contributed by atoms with Crippen molar-refractivity contribution in [1.29, 1.82) is 0 Å². The minimum atomic E-state index is -0.401. The number of hydrazine groups is 1. The zero-order chi connectivity index (χ0) is 11.7. The number of rotatable bonds is 1. The maximum atomic E-state index is 12.9. The van der Waals surface area contributed by atoms with Gasteiger partial charge in [0.1, 0.15) is 5.82 Å². The summed E-state index contributed by atoms with van der Waals surface area (Å²) in [5, 5.41) is 1.49. The molecule has 1 atom stereocenters. The molecule has 0 bridgehead atoms. The van der Waals surface area contributed by atoms with Crippen molar-refractivity contribution in [3.8, 4) is 0 Å². The fourth-order valence-corrected chi connectivity index (χ4v) is 2.27. The van der Waals surface area contributed by atoms with Crippen LogP contribution < -0.4 is 5.84 Å². The molecule has 1 amide bonds. The maximum Gasteiger partial charge on any atom is 0.244 e. The Bertz CT molecular complexity index is 424. The van der Waals surface area contributed by atoms with Crippen molar-refractivity contribution in [2.45, 2.75) is 18.8 Å². The average molecular weight is 243 g/mol. The summed E-state index contributed by atoms with van der Waals surface area (Å²) in [4.78, 5) is 11.8. The highest BCUT2D eigenvalue weighted by Gasteiger charge is 2.29. The van der Waals surface area contributed by atoms with Crippen LogP contribution in [-0.2, 0) is 4.79 Å². The molecule has 86 valence electrons. The molecule has 1 aliphatic rings. The van der Waals surface area contributed by atoms with Gasteiger partial charge in [0, 0.05) is 11.6 Å². The lowest BCUT2D eigenvalue weighted by molar-refractivity contribution is -0.135. The fourth-order valence-electron chi connectivity index (χ4n) is 1.97. The Morgan fingerprint density at radius 1 is 1.50 bits per heavy atom. The molecule has 1 aromatic rings. The molecule has 1 heterocycles. The lowest BCUT2D eigenvalue weighted by Crippen LogP contribution is -2.44. The minimum absolute atomic E-state index is 0.153. The highest BCUT2D eigenvalue weighted by atomic mass is 35.5. The zero-order valence-electron chi connectivity index (χ0n) is 8.62. The van der Waals surface area contributed by atoms with Gasteiger partial charge in [-0.15, -0.1) is 0 Å². The van der Waals surface area contributed by atoms with Crippen LogP contribution in [0.25, 0.3) is 0 Å². The molecule has 1 saturated heterocycles. The monoisotopic (exact) mass is 242 g/mol. The average Bonchev–Trinajstić information content (AvgIpc) is 2.23. The molecule has 0 aliphatic carbocycles. The maximum absolute atomic E-state index is 12.9. The molecule has 2 N–H and O–H groups in total. The smallest absolute Gasteiger partial charge is 0.244 e. The van der Waals surface area contributed by atoms with E-state index in [1.54, 1.807) is 6.07 Å². The molecule has 1 aromatic carbocycles. The van der Waals surface area contributed by atoms with Crippen molar-refractivity contribution < 1.29 is 9.18 Å². The van der Waals surface area contributed by atoms with Gasteiger partial charge in [-0.1, -0.05) is 17.7 Å². The molecule has 0 spiro atoms. The quantitative estimate of drug-likeness (QED) is 0.605. The van der Waals surface area contributed by atoms with Crippen LogP contribution in [0.5, 0.6) is 0 Å². The molecule has 16 heavy (non-hydrogen) atoms. The van der Waals surface area contributed by atoms with Gasteiger partial charge in [0.15, 0.2) is 0 Å². The third-order valence-corrected chi connectivity index (χ3v) is 3.14. The van der Waals surface area contributed by atoms with Gasteiger partial charge in [-0.25, -0.2) is 10.2 Å². The summed E-state index contributed by atoms with van der Waals surface area (Å²) in [5.74, 6) is 4.66. The van der Waals surface area contributed by atoms with E-state index in [1.807, 2.05) is 0 Å². The fraction of sp³-hybridized carbons (Fsp3) is 0.364. The van der Waals surface area contributed by atoms with Crippen molar-refractivity contribution in [1.82, 2.24) is 5.01 Å². The van der Waals surface area contributed by atoms with Gasteiger partial charge in [-0.05, 0) is 30.5 Å². The molecule has 0 saturated carbocycles. The highest BCUT2D eigenvalue weighted by Crippen LogP contribution is 2.32. The molecule has 0 radical (unpaired) electrons. The Morgan fingerprint density at radius 3 is 2.94 bits per heavy atom. The Hall–Kier alpha value is -1.13. The Kier molecular flexibility index (Phi) is 3.12. The lowest BCUT2D eigenvalue weighted by Gasteiger charge is -2.29. The molecule has 5 heteroatoms. The van der Waals surface area contributed by atoms with E-state index in [2.05, 4.69) is 0 Å². The standard InChI is InChI=1S/C11H12ClFN2O/c12-10-6-7(13)3-4-8(10)9-2-1-5-15(14)11(9)16/h3-4,6,9H,1-2,5,14H2. The summed E-state index contributed by atoms with van der Waals surface area (Å²) in [6.45, 7) is 0.564. The molecular weight excluding hydrogens is 231 g/mol. The van der Waals surface area contributed by atoms with E-state index in [-0.39, 0.29) is 16.8 Å². The van der Waals surface area contributed by atoms with Crippen molar-refractivity contribution in [2.75, 3.05) is 6.54 Å². The number of piperidine rings is 1. The third-order valence-electron chi connectivity index (χ3n) is 2.81. The van der Waals surface area contributed by atoms with Gasteiger partial charge < -0.3 is 0 Å². The SMILES string of the molecule is NN1CCCC(c2ccc(F)cc2Cl)C1=O. The van der Waals surface area contributed by atoms with Gasteiger partial charge in [-0.2, -0.15) is 0 Å². The zero-order valence-corrected chi connectivity index (χ0v) is 9.38. The first-order chi connectivity index (χ1) is 7.59. The number of halogens is 2. The predicted octanol–water partition coefficient (Wildman–Crippen LogP) is 2.06. The second kappa shape index (κ2) is 4.39. The number of amides is 1. The third kappa shape index (κ3) is 2.03. The summed E-state index contributed by atoms with van der Waals surface area (Å²) in [6.07, 6.45) is 1.54. The van der Waals surface area contributed by atoms with Gasteiger partial charge >= 0.3 is 0 Å². The summed E-state index contributed by atoms with van der Waals surface area (Å²) in [7, 11) is 0. The summed E-state index contributed by atoms with van der Waals surface area (Å²) >= 11 is 5.92. The number of hydrogen-bond donors (Lipinski definition) is 1. The molecule has 2 rings (SSSR count). The Labute approximate surface area is 98.0 Å². The molecule has 1 unspecified atom stereocenters. The number of benzene rings is 1. The van der Waals surface area contributed by atoms with E-state index in [0.717, 1.165) is 6.42 Å². The largest absolute Gasteiger partial charge is 0.280 e.